The SMILES string of the molecule is CC(=O)c1c(C)[nH]c(C(=O)NC2(CNC(=O)OC(C)(C)C)CCCC2)c1C. The van der Waals surface area contributed by atoms with E-state index in [0.29, 0.717) is 29.1 Å². The minimum Gasteiger partial charge on any atom is -0.444 e. The lowest BCUT2D eigenvalue weighted by atomic mass is 9.96. The van der Waals surface area contributed by atoms with Gasteiger partial charge in [0.15, 0.2) is 5.78 Å². The topological polar surface area (TPSA) is 100 Å². The summed E-state index contributed by atoms with van der Waals surface area (Å²) in [6, 6.07) is 0. The predicted octanol–water partition coefficient (Wildman–Crippen LogP) is 3.40. The highest BCUT2D eigenvalue weighted by Gasteiger charge is 2.37. The molecular formula is C20H31N3O4. The molecule has 1 heterocycles. The molecule has 0 atom stereocenters. The average molecular weight is 377 g/mol. The second-order valence-corrected chi connectivity index (χ2v) is 8.48. The van der Waals surface area contributed by atoms with Gasteiger partial charge >= 0.3 is 6.09 Å². The first-order chi connectivity index (χ1) is 12.4. The number of alkyl carbamates (subject to hydrolysis) is 1. The third-order valence-corrected chi connectivity index (χ3v) is 4.93. The largest absolute Gasteiger partial charge is 0.444 e. The fraction of sp³-hybridized carbons (Fsp3) is 0.650. The maximum atomic E-state index is 12.9. The number of amides is 2. The molecule has 1 aromatic heterocycles. The molecule has 0 saturated heterocycles. The Labute approximate surface area is 160 Å². The number of nitrogens with one attached hydrogen (secondary N) is 3. The Hall–Kier alpha value is -2.31. The Morgan fingerprint density at radius 3 is 2.22 bits per heavy atom. The van der Waals surface area contributed by atoms with Gasteiger partial charge in [-0.3, -0.25) is 9.59 Å². The number of aryl methyl sites for hydroxylation is 1. The van der Waals surface area contributed by atoms with Crippen LogP contribution in [0.15, 0.2) is 0 Å². The number of aromatic nitrogens is 1. The van der Waals surface area contributed by atoms with Gasteiger partial charge in [-0.1, -0.05) is 12.8 Å². The summed E-state index contributed by atoms with van der Waals surface area (Å²) >= 11 is 0. The lowest BCUT2D eigenvalue weighted by Gasteiger charge is -2.31. The minimum absolute atomic E-state index is 0.0672. The zero-order chi connectivity index (χ0) is 20.4. The zero-order valence-electron chi connectivity index (χ0n) is 17.2. The average Bonchev–Trinajstić information content (AvgIpc) is 3.08. The van der Waals surface area contributed by atoms with Crippen molar-refractivity contribution in [2.45, 2.75) is 78.4 Å². The van der Waals surface area contributed by atoms with Crippen LogP contribution in [0.1, 0.15) is 85.5 Å². The normalized spacial score (nSPS) is 16.1. The van der Waals surface area contributed by atoms with E-state index in [2.05, 4.69) is 15.6 Å². The van der Waals surface area contributed by atoms with E-state index >= 15 is 0 Å². The van der Waals surface area contributed by atoms with Crippen molar-refractivity contribution < 1.29 is 19.1 Å². The number of carbonyl (C=O) groups is 3. The van der Waals surface area contributed by atoms with E-state index in [1.54, 1.807) is 13.8 Å². The molecule has 7 heteroatoms. The molecule has 1 aliphatic carbocycles. The second-order valence-electron chi connectivity index (χ2n) is 8.48. The van der Waals surface area contributed by atoms with Gasteiger partial charge in [0, 0.05) is 17.8 Å². The van der Waals surface area contributed by atoms with Crippen LogP contribution in [0.2, 0.25) is 0 Å². The Balaban J connectivity index is 2.12. The Morgan fingerprint density at radius 2 is 1.74 bits per heavy atom. The van der Waals surface area contributed by atoms with Crippen molar-refractivity contribution in [3.05, 3.63) is 22.5 Å². The summed E-state index contributed by atoms with van der Waals surface area (Å²) in [7, 11) is 0. The molecule has 1 aliphatic rings. The Bertz CT molecular complexity index is 737. The molecule has 1 aromatic rings. The molecule has 1 fully saturated rings. The van der Waals surface area contributed by atoms with Gasteiger partial charge in [-0.15, -0.1) is 0 Å². The maximum Gasteiger partial charge on any atom is 0.407 e. The van der Waals surface area contributed by atoms with Gasteiger partial charge in [0.2, 0.25) is 0 Å². The van der Waals surface area contributed by atoms with Gasteiger partial charge in [-0.05, 0) is 59.9 Å². The number of ether oxygens (including phenoxy) is 1. The minimum atomic E-state index is -0.571. The van der Waals surface area contributed by atoms with Crippen molar-refractivity contribution in [1.82, 2.24) is 15.6 Å². The van der Waals surface area contributed by atoms with E-state index in [1.807, 2.05) is 20.8 Å². The molecule has 1 saturated carbocycles. The smallest absolute Gasteiger partial charge is 0.407 e. The summed E-state index contributed by atoms with van der Waals surface area (Å²) < 4.78 is 5.29. The molecule has 0 bridgehead atoms. The number of rotatable bonds is 5. The highest BCUT2D eigenvalue weighted by atomic mass is 16.6. The fourth-order valence-electron chi connectivity index (χ4n) is 3.76. The summed E-state index contributed by atoms with van der Waals surface area (Å²) in [5.41, 5.74) is 1.24. The number of hydrogen-bond acceptors (Lipinski definition) is 4. The summed E-state index contributed by atoms with van der Waals surface area (Å²) in [6.07, 6.45) is 3.04. The van der Waals surface area contributed by atoms with Crippen LogP contribution in [-0.4, -0.2) is 40.5 Å². The highest BCUT2D eigenvalue weighted by Crippen LogP contribution is 2.30. The van der Waals surface area contributed by atoms with Gasteiger partial charge in [0.25, 0.3) is 5.91 Å². The van der Waals surface area contributed by atoms with Crippen LogP contribution in [0.4, 0.5) is 4.79 Å². The van der Waals surface area contributed by atoms with Crippen LogP contribution in [0, 0.1) is 13.8 Å². The van der Waals surface area contributed by atoms with E-state index in [0.717, 1.165) is 25.7 Å². The van der Waals surface area contributed by atoms with Gasteiger partial charge in [-0.25, -0.2) is 4.79 Å². The standard InChI is InChI=1S/C20H31N3O4/c1-12-15(14(3)24)13(2)22-16(12)17(25)23-20(9-7-8-10-20)11-21-18(26)27-19(4,5)6/h22H,7-11H2,1-6H3,(H,21,26)(H,23,25). The van der Waals surface area contributed by atoms with Crippen molar-refractivity contribution in [3.8, 4) is 0 Å². The van der Waals surface area contributed by atoms with E-state index < -0.39 is 17.2 Å². The van der Waals surface area contributed by atoms with E-state index in [-0.39, 0.29) is 11.7 Å². The first-order valence-electron chi connectivity index (χ1n) is 9.43. The molecule has 2 rings (SSSR count). The molecule has 0 aliphatic heterocycles. The number of H-pyrrole nitrogens is 1. The molecule has 2 amide bonds. The van der Waals surface area contributed by atoms with Crippen LogP contribution in [0.25, 0.3) is 0 Å². The van der Waals surface area contributed by atoms with Crippen LogP contribution in [0.3, 0.4) is 0 Å². The summed E-state index contributed by atoms with van der Waals surface area (Å²) in [6.45, 7) is 10.8. The van der Waals surface area contributed by atoms with Crippen molar-refractivity contribution in [3.63, 3.8) is 0 Å². The van der Waals surface area contributed by atoms with E-state index in [4.69, 9.17) is 4.74 Å². The first-order valence-corrected chi connectivity index (χ1v) is 9.43. The molecule has 3 N–H and O–H groups in total. The molecular weight excluding hydrogens is 346 g/mol. The first kappa shape index (κ1) is 21.0. The summed E-state index contributed by atoms with van der Waals surface area (Å²) in [5, 5.41) is 5.88. The van der Waals surface area contributed by atoms with Crippen LogP contribution >= 0.6 is 0 Å². The summed E-state index contributed by atoms with van der Waals surface area (Å²) in [5.74, 6) is -0.321. The zero-order valence-corrected chi connectivity index (χ0v) is 17.2. The number of aromatic amines is 1. The molecule has 0 aromatic carbocycles. The molecule has 0 spiro atoms. The van der Waals surface area contributed by atoms with Gasteiger partial charge in [0.05, 0.1) is 5.54 Å². The monoisotopic (exact) mass is 377 g/mol. The fourth-order valence-corrected chi connectivity index (χ4v) is 3.76. The maximum absolute atomic E-state index is 12.9. The number of ketones is 1. The lowest BCUT2D eigenvalue weighted by Crippen LogP contribution is -2.54. The van der Waals surface area contributed by atoms with Crippen molar-refractivity contribution in [2.75, 3.05) is 6.54 Å². The third kappa shape index (κ3) is 5.11. The Kier molecular flexibility index (Phi) is 6.02. The van der Waals surface area contributed by atoms with Gasteiger partial charge in [0.1, 0.15) is 11.3 Å². The number of carbonyl (C=O) groups excluding carboxylic acids is 3. The van der Waals surface area contributed by atoms with Crippen molar-refractivity contribution >= 4 is 17.8 Å². The number of hydrogen-bond donors (Lipinski definition) is 3. The van der Waals surface area contributed by atoms with Crippen LogP contribution in [-0.2, 0) is 4.74 Å². The van der Waals surface area contributed by atoms with Crippen molar-refractivity contribution in [1.29, 1.82) is 0 Å². The molecule has 150 valence electrons. The van der Waals surface area contributed by atoms with Gasteiger partial charge < -0.3 is 20.4 Å². The molecule has 7 nitrogen and oxygen atoms in total. The molecule has 0 unspecified atom stereocenters. The van der Waals surface area contributed by atoms with E-state index in [9.17, 15) is 14.4 Å². The summed E-state index contributed by atoms with van der Waals surface area (Å²) in [4.78, 5) is 39.7. The van der Waals surface area contributed by atoms with Crippen LogP contribution in [0.5, 0.6) is 0 Å². The molecule has 0 radical (unpaired) electrons. The van der Waals surface area contributed by atoms with E-state index in [1.165, 1.54) is 6.92 Å². The second kappa shape index (κ2) is 7.74. The van der Waals surface area contributed by atoms with Gasteiger partial charge in [-0.2, -0.15) is 0 Å². The Morgan fingerprint density at radius 1 is 1.15 bits per heavy atom. The van der Waals surface area contributed by atoms with Crippen LogP contribution < -0.4 is 10.6 Å². The van der Waals surface area contributed by atoms with Crippen molar-refractivity contribution in [2.24, 2.45) is 0 Å². The predicted molar refractivity (Wildman–Crippen MR) is 103 cm³/mol. The number of Topliss-reactive ketones (excluding diaryl/α,β-unsaturated/α-hetero) is 1. The lowest BCUT2D eigenvalue weighted by molar-refractivity contribution is 0.0504. The third-order valence-electron chi connectivity index (χ3n) is 4.93. The highest BCUT2D eigenvalue weighted by molar-refractivity contribution is 6.02. The molecule has 27 heavy (non-hydrogen) atoms. The quantitative estimate of drug-likeness (QED) is 0.685.